The van der Waals surface area contributed by atoms with E-state index in [1.165, 1.54) is 29.2 Å². The van der Waals surface area contributed by atoms with Crippen molar-refractivity contribution in [2.45, 2.75) is 25.6 Å². The van der Waals surface area contributed by atoms with E-state index in [4.69, 9.17) is 0 Å². The number of hydrogen-bond acceptors (Lipinski definition) is 3. The van der Waals surface area contributed by atoms with E-state index in [0.29, 0.717) is 13.0 Å². The highest BCUT2D eigenvalue weighted by Gasteiger charge is 2.34. The van der Waals surface area contributed by atoms with Crippen LogP contribution in [-0.2, 0) is 0 Å². The predicted molar refractivity (Wildman–Crippen MR) is 64.2 cm³/mol. The molecule has 1 aromatic rings. The van der Waals surface area contributed by atoms with Gasteiger partial charge in [-0.1, -0.05) is 6.07 Å². The van der Waals surface area contributed by atoms with Crippen LogP contribution in [0, 0.1) is 0 Å². The van der Waals surface area contributed by atoms with E-state index in [1.807, 2.05) is 0 Å². The monoisotopic (exact) mass is 271 g/mol. The van der Waals surface area contributed by atoms with Gasteiger partial charge < -0.3 is 14.7 Å². The first-order chi connectivity index (χ1) is 8.87. The molecule has 0 radical (unpaired) electrons. The zero-order valence-corrected chi connectivity index (χ0v) is 10.5. The summed E-state index contributed by atoms with van der Waals surface area (Å²) in [5, 5.41) is 9.82. The Bertz CT molecular complexity index is 477. The maximum atomic E-state index is 12.1. The van der Waals surface area contributed by atoms with Gasteiger partial charge in [0.2, 0.25) is 0 Å². The van der Waals surface area contributed by atoms with Crippen LogP contribution in [0.5, 0.6) is 5.75 Å². The maximum Gasteiger partial charge on any atom is 0.387 e. The summed E-state index contributed by atoms with van der Waals surface area (Å²) < 4.78 is 28.5. The number of likely N-dealkylation sites (tertiary alicyclic amines) is 1. The average molecular weight is 271 g/mol. The van der Waals surface area contributed by atoms with Crippen molar-refractivity contribution in [3.05, 3.63) is 29.8 Å². The molecule has 1 aromatic carbocycles. The number of halogens is 2. The van der Waals surface area contributed by atoms with E-state index < -0.39 is 12.2 Å². The van der Waals surface area contributed by atoms with Crippen LogP contribution < -0.4 is 4.74 Å². The molecule has 6 heteroatoms. The zero-order valence-electron chi connectivity index (χ0n) is 10.5. The van der Waals surface area contributed by atoms with Crippen molar-refractivity contribution >= 4 is 5.91 Å². The smallest absolute Gasteiger partial charge is 0.387 e. The number of aliphatic hydroxyl groups is 1. The van der Waals surface area contributed by atoms with Gasteiger partial charge in [-0.3, -0.25) is 4.79 Å². The molecule has 1 aliphatic heterocycles. The molecule has 1 atom stereocenters. The lowest BCUT2D eigenvalue weighted by molar-refractivity contribution is -0.0499. The van der Waals surface area contributed by atoms with Crippen LogP contribution in [0.1, 0.15) is 23.7 Å². The van der Waals surface area contributed by atoms with Crippen molar-refractivity contribution in [2.75, 3.05) is 13.1 Å². The van der Waals surface area contributed by atoms with Crippen LogP contribution in [0.25, 0.3) is 0 Å². The van der Waals surface area contributed by atoms with Gasteiger partial charge in [0.25, 0.3) is 5.91 Å². The number of benzene rings is 1. The largest absolute Gasteiger partial charge is 0.435 e. The first kappa shape index (κ1) is 13.7. The summed E-state index contributed by atoms with van der Waals surface area (Å²) in [6.07, 6.45) is 0.506. The second-order valence-corrected chi connectivity index (χ2v) is 4.88. The molecule has 1 aliphatic rings. The molecule has 104 valence electrons. The average Bonchev–Trinajstić information content (AvgIpc) is 2.68. The molecule has 1 N–H and O–H groups in total. The van der Waals surface area contributed by atoms with E-state index in [2.05, 4.69) is 4.74 Å². The molecule has 1 amide bonds. The van der Waals surface area contributed by atoms with Gasteiger partial charge >= 0.3 is 6.61 Å². The fraction of sp³-hybridized carbons (Fsp3) is 0.462. The zero-order chi connectivity index (χ0) is 14.0. The fourth-order valence-electron chi connectivity index (χ4n) is 2.11. The Balaban J connectivity index is 2.11. The minimum atomic E-state index is -2.92. The number of ether oxygens (including phenoxy) is 1. The van der Waals surface area contributed by atoms with Crippen LogP contribution in [0.2, 0.25) is 0 Å². The van der Waals surface area contributed by atoms with Gasteiger partial charge in [-0.2, -0.15) is 8.78 Å². The summed E-state index contributed by atoms with van der Waals surface area (Å²) in [7, 11) is 0. The molecule has 1 unspecified atom stereocenters. The second-order valence-electron chi connectivity index (χ2n) is 4.88. The van der Waals surface area contributed by atoms with Gasteiger partial charge in [0.15, 0.2) is 0 Å². The molecule has 0 aromatic heterocycles. The molecule has 0 spiro atoms. The van der Waals surface area contributed by atoms with Gasteiger partial charge in [-0.25, -0.2) is 0 Å². The third-order valence-corrected chi connectivity index (χ3v) is 3.05. The summed E-state index contributed by atoms with van der Waals surface area (Å²) >= 11 is 0. The summed E-state index contributed by atoms with van der Waals surface area (Å²) in [5.74, 6) is -0.343. The lowest BCUT2D eigenvalue weighted by atomic mass is 10.1. The van der Waals surface area contributed by atoms with Crippen LogP contribution in [0.3, 0.4) is 0 Å². The molecule has 19 heavy (non-hydrogen) atoms. The van der Waals surface area contributed by atoms with Crippen molar-refractivity contribution in [2.24, 2.45) is 0 Å². The molecule has 2 rings (SSSR count). The molecule has 1 fully saturated rings. The third kappa shape index (κ3) is 3.41. The SMILES string of the molecule is CC1(O)CCN(C(=O)c2cccc(OC(F)F)c2)C1. The first-order valence-electron chi connectivity index (χ1n) is 5.94. The standard InChI is InChI=1S/C13H15F2NO3/c1-13(18)5-6-16(8-13)11(17)9-3-2-4-10(7-9)19-12(14)15/h2-4,7,12,18H,5-6,8H2,1H3. The lowest BCUT2D eigenvalue weighted by Gasteiger charge is -2.19. The minimum Gasteiger partial charge on any atom is -0.435 e. The highest BCUT2D eigenvalue weighted by molar-refractivity contribution is 5.94. The number of β-amino-alcohol motifs (C(OH)–C–C–N with tert-alkyl or cyclic N) is 1. The van der Waals surface area contributed by atoms with E-state index in [9.17, 15) is 18.7 Å². The Morgan fingerprint density at radius 2 is 2.26 bits per heavy atom. The number of nitrogens with zero attached hydrogens (tertiary/aromatic N) is 1. The predicted octanol–water partition coefficient (Wildman–Crippen LogP) is 1.88. The minimum absolute atomic E-state index is 0.0493. The molecule has 0 aliphatic carbocycles. The van der Waals surface area contributed by atoms with Crippen molar-refractivity contribution in [1.82, 2.24) is 4.90 Å². The maximum absolute atomic E-state index is 12.1. The Hall–Kier alpha value is -1.69. The van der Waals surface area contributed by atoms with Crippen molar-refractivity contribution in [3.8, 4) is 5.75 Å². The van der Waals surface area contributed by atoms with Gasteiger partial charge in [0, 0.05) is 18.7 Å². The third-order valence-electron chi connectivity index (χ3n) is 3.05. The first-order valence-corrected chi connectivity index (χ1v) is 5.94. The Kier molecular flexibility index (Phi) is 3.71. The molecule has 1 heterocycles. The van der Waals surface area contributed by atoms with Gasteiger partial charge in [-0.05, 0) is 31.5 Å². The van der Waals surface area contributed by atoms with Gasteiger partial charge in [0.05, 0.1) is 5.60 Å². The molecular weight excluding hydrogens is 256 g/mol. The van der Waals surface area contributed by atoms with Gasteiger partial charge in [-0.15, -0.1) is 0 Å². The van der Waals surface area contributed by atoms with Crippen LogP contribution >= 0.6 is 0 Å². The number of amides is 1. The van der Waals surface area contributed by atoms with Gasteiger partial charge in [0.1, 0.15) is 5.75 Å². The lowest BCUT2D eigenvalue weighted by Crippen LogP contribution is -2.33. The van der Waals surface area contributed by atoms with E-state index in [1.54, 1.807) is 6.92 Å². The van der Waals surface area contributed by atoms with Crippen molar-refractivity contribution in [1.29, 1.82) is 0 Å². The number of carbonyl (C=O) groups excluding carboxylic acids is 1. The van der Waals surface area contributed by atoms with Crippen molar-refractivity contribution < 1.29 is 23.4 Å². The van der Waals surface area contributed by atoms with Crippen LogP contribution in [0.4, 0.5) is 8.78 Å². The Labute approximate surface area is 109 Å². The highest BCUT2D eigenvalue weighted by atomic mass is 19.3. The van der Waals surface area contributed by atoms with Crippen LogP contribution in [0.15, 0.2) is 24.3 Å². The van der Waals surface area contributed by atoms with E-state index in [-0.39, 0.29) is 23.8 Å². The molecule has 1 saturated heterocycles. The van der Waals surface area contributed by atoms with E-state index >= 15 is 0 Å². The molecule has 0 saturated carbocycles. The summed E-state index contributed by atoms with van der Waals surface area (Å²) in [6.45, 7) is -0.563. The summed E-state index contributed by atoms with van der Waals surface area (Å²) in [5.41, 5.74) is -0.608. The topological polar surface area (TPSA) is 49.8 Å². The summed E-state index contributed by atoms with van der Waals surface area (Å²) in [6, 6.07) is 5.66. The fourth-order valence-corrected chi connectivity index (χ4v) is 2.11. The second kappa shape index (κ2) is 5.13. The van der Waals surface area contributed by atoms with Crippen molar-refractivity contribution in [3.63, 3.8) is 0 Å². The molecular formula is C13H15F2NO3. The summed E-state index contributed by atoms with van der Waals surface area (Å²) in [4.78, 5) is 13.6. The Morgan fingerprint density at radius 3 is 2.84 bits per heavy atom. The number of carbonyl (C=O) groups is 1. The number of hydrogen-bond donors (Lipinski definition) is 1. The quantitative estimate of drug-likeness (QED) is 0.913. The number of rotatable bonds is 3. The Morgan fingerprint density at radius 1 is 1.53 bits per heavy atom. The highest BCUT2D eigenvalue weighted by Crippen LogP contribution is 2.23. The normalized spacial score (nSPS) is 22.9. The van der Waals surface area contributed by atoms with E-state index in [0.717, 1.165) is 0 Å². The molecule has 4 nitrogen and oxygen atoms in total. The number of alkyl halides is 2. The molecule has 0 bridgehead atoms. The van der Waals surface area contributed by atoms with Crippen LogP contribution in [-0.4, -0.2) is 41.2 Å².